The van der Waals surface area contributed by atoms with Gasteiger partial charge in [0.25, 0.3) is 0 Å². The third-order valence-corrected chi connectivity index (χ3v) is 9.79. The van der Waals surface area contributed by atoms with Crippen LogP contribution in [0, 0.1) is 0 Å². The SMILES string of the molecule is CN(C)[C@@H]1CCCC[C@H]1N(C)C.O=S(=O)([O-])C(F)(F)F.[Cu+].c1ccc([PH+](c2ccccc2)c2ccccc2)cc1. The number of halogens is 3. The molecule has 0 radical (unpaired) electrons. The Morgan fingerprint density at radius 3 is 1.12 bits per heavy atom. The molecule has 11 heteroatoms. The molecule has 0 aromatic heterocycles. The van der Waals surface area contributed by atoms with Crippen LogP contribution in [0.15, 0.2) is 91.0 Å². The standard InChI is InChI=1S/C18H15P.C10H22N2.CHF3O3S.Cu/c1-4-10-16(11-5-1)19(17-12-6-2-7-13-17)18-14-8-3-9-15-18;1-11(2)9-7-5-6-8-10(9)12(3)4;2-1(3,4)8(5,6)7;/h1-15H;9-10H,5-8H2,1-4H3;(H,5,6,7);/q;;;+1/t;9-,10-;;/m.1../s1. The summed E-state index contributed by atoms with van der Waals surface area (Å²) >= 11 is 0. The summed E-state index contributed by atoms with van der Waals surface area (Å²) in [5.41, 5.74) is -5.65. The van der Waals surface area contributed by atoms with Gasteiger partial charge in [0.15, 0.2) is 10.1 Å². The summed E-state index contributed by atoms with van der Waals surface area (Å²) in [6.45, 7) is 0. The number of nitrogens with zero attached hydrogens (tertiary/aromatic N) is 2. The molecular formula is C29H38CuF3N2O3PS+. The molecule has 1 aliphatic carbocycles. The smallest absolute Gasteiger partial charge is 0.741 e. The first kappa shape index (κ1) is 36.3. The van der Waals surface area contributed by atoms with Crippen molar-refractivity contribution >= 4 is 34.0 Å². The summed E-state index contributed by atoms with van der Waals surface area (Å²) in [5.74, 6) is 0. The van der Waals surface area contributed by atoms with Crippen LogP contribution in [0.5, 0.6) is 0 Å². The molecule has 0 spiro atoms. The second-order valence-corrected chi connectivity index (χ2v) is 13.6. The minimum atomic E-state index is -6.09. The first-order valence-electron chi connectivity index (χ1n) is 12.7. The third kappa shape index (κ3) is 11.6. The van der Waals surface area contributed by atoms with E-state index in [0.29, 0.717) is 0 Å². The Kier molecular flexibility index (Phi) is 15.6. The van der Waals surface area contributed by atoms with Crippen LogP contribution in [-0.2, 0) is 27.2 Å². The predicted molar refractivity (Wildman–Crippen MR) is 156 cm³/mol. The maximum Gasteiger partial charge on any atom is 1.00 e. The molecule has 0 saturated heterocycles. The summed E-state index contributed by atoms with van der Waals surface area (Å²) in [4.78, 5) is 4.76. The fraction of sp³-hybridized carbons (Fsp3) is 0.379. The molecule has 0 N–H and O–H groups in total. The molecule has 1 aliphatic rings. The van der Waals surface area contributed by atoms with E-state index < -0.39 is 23.5 Å². The molecule has 224 valence electrons. The number of likely N-dealkylation sites (N-methyl/N-ethyl adjacent to an activating group) is 2. The molecule has 4 rings (SSSR count). The van der Waals surface area contributed by atoms with Crippen molar-refractivity contribution in [2.24, 2.45) is 0 Å². The number of hydrogen-bond acceptors (Lipinski definition) is 5. The van der Waals surface area contributed by atoms with Crippen LogP contribution in [0.4, 0.5) is 13.2 Å². The van der Waals surface area contributed by atoms with Gasteiger partial charge in [-0.05, 0) is 77.4 Å². The quantitative estimate of drug-likeness (QED) is 0.175. The summed E-state index contributed by atoms with van der Waals surface area (Å²) in [6.07, 6.45) is 5.56. The molecule has 0 aliphatic heterocycles. The van der Waals surface area contributed by atoms with Crippen molar-refractivity contribution in [2.75, 3.05) is 28.2 Å². The van der Waals surface area contributed by atoms with Gasteiger partial charge >= 0.3 is 22.6 Å². The second-order valence-electron chi connectivity index (χ2n) is 9.72. The van der Waals surface area contributed by atoms with Crippen LogP contribution < -0.4 is 15.9 Å². The van der Waals surface area contributed by atoms with Gasteiger partial charge < -0.3 is 14.4 Å². The molecule has 0 heterocycles. The van der Waals surface area contributed by atoms with Crippen molar-refractivity contribution in [3.05, 3.63) is 91.0 Å². The van der Waals surface area contributed by atoms with E-state index in [9.17, 15) is 13.2 Å². The maximum atomic E-state index is 10.7. The van der Waals surface area contributed by atoms with Crippen molar-refractivity contribution in [3.8, 4) is 0 Å². The van der Waals surface area contributed by atoms with Crippen LogP contribution in [0.3, 0.4) is 0 Å². The third-order valence-electron chi connectivity index (χ3n) is 6.49. The first-order chi connectivity index (χ1) is 18.3. The summed E-state index contributed by atoms with van der Waals surface area (Å²) < 4.78 is 58.9. The van der Waals surface area contributed by atoms with Gasteiger partial charge in [-0.1, -0.05) is 67.4 Å². The van der Waals surface area contributed by atoms with Crippen LogP contribution in [0.25, 0.3) is 0 Å². The monoisotopic (exact) mass is 645 g/mol. The molecule has 0 bridgehead atoms. The number of rotatable bonds is 5. The van der Waals surface area contributed by atoms with Crippen molar-refractivity contribution in [1.82, 2.24) is 9.80 Å². The Labute approximate surface area is 248 Å². The molecule has 0 unspecified atom stereocenters. The minimum Gasteiger partial charge on any atom is -0.741 e. The van der Waals surface area contributed by atoms with Gasteiger partial charge in [-0.2, -0.15) is 13.2 Å². The molecule has 3 aromatic carbocycles. The summed E-state index contributed by atoms with van der Waals surface area (Å²) in [7, 11) is 1.84. The van der Waals surface area contributed by atoms with E-state index in [1.807, 2.05) is 0 Å². The largest absolute Gasteiger partial charge is 1.00 e. The van der Waals surface area contributed by atoms with Crippen LogP contribution in [0.2, 0.25) is 0 Å². The molecule has 40 heavy (non-hydrogen) atoms. The topological polar surface area (TPSA) is 63.7 Å². The van der Waals surface area contributed by atoms with Crippen LogP contribution in [-0.4, -0.2) is 68.6 Å². The van der Waals surface area contributed by atoms with Gasteiger partial charge in [0.1, 0.15) is 15.9 Å². The Morgan fingerprint density at radius 2 is 0.925 bits per heavy atom. The molecule has 3 aromatic rings. The van der Waals surface area contributed by atoms with Gasteiger partial charge in [-0.3, -0.25) is 0 Å². The van der Waals surface area contributed by atoms with Crippen molar-refractivity contribution in [3.63, 3.8) is 0 Å². The van der Waals surface area contributed by atoms with Gasteiger partial charge in [0, 0.05) is 12.1 Å². The summed E-state index contributed by atoms with van der Waals surface area (Å²) in [6, 6.07) is 34.0. The zero-order valence-corrected chi connectivity index (χ0v) is 25.9. The number of alkyl halides is 3. The van der Waals surface area contributed by atoms with E-state index in [2.05, 4.69) is 129 Å². The Balaban J connectivity index is 0.000000329. The molecule has 1 fully saturated rings. The Morgan fingerprint density at radius 1 is 0.675 bits per heavy atom. The molecular weight excluding hydrogens is 608 g/mol. The predicted octanol–water partition coefficient (Wildman–Crippen LogP) is 4.65. The van der Waals surface area contributed by atoms with E-state index in [1.54, 1.807) is 0 Å². The van der Waals surface area contributed by atoms with E-state index in [4.69, 9.17) is 13.0 Å². The van der Waals surface area contributed by atoms with Crippen molar-refractivity contribution in [2.45, 2.75) is 43.3 Å². The average Bonchev–Trinajstić information content (AvgIpc) is 2.90. The maximum absolute atomic E-state index is 10.7. The van der Waals surface area contributed by atoms with Crippen molar-refractivity contribution in [1.29, 1.82) is 0 Å². The van der Waals surface area contributed by atoms with Gasteiger partial charge in [-0.25, -0.2) is 8.42 Å². The molecule has 1 saturated carbocycles. The Hall–Kier alpha value is -1.77. The minimum absolute atomic E-state index is 0. The van der Waals surface area contributed by atoms with Gasteiger partial charge in [-0.15, -0.1) is 0 Å². The van der Waals surface area contributed by atoms with Crippen molar-refractivity contribution < 1.29 is 43.2 Å². The van der Waals surface area contributed by atoms with E-state index >= 15 is 0 Å². The van der Waals surface area contributed by atoms with Gasteiger partial charge in [0.05, 0.1) is 7.92 Å². The average molecular weight is 646 g/mol. The normalized spacial score (nSPS) is 17.3. The second kappa shape index (κ2) is 17.2. The molecule has 0 amide bonds. The molecule has 5 nitrogen and oxygen atoms in total. The Bertz CT molecular complexity index is 1090. The van der Waals surface area contributed by atoms with Crippen LogP contribution >= 0.6 is 7.92 Å². The van der Waals surface area contributed by atoms with E-state index in [0.717, 1.165) is 12.1 Å². The number of benzene rings is 3. The van der Waals surface area contributed by atoms with Gasteiger partial charge in [0.2, 0.25) is 0 Å². The van der Waals surface area contributed by atoms with E-state index in [-0.39, 0.29) is 17.1 Å². The zero-order valence-electron chi connectivity index (χ0n) is 23.1. The molecule has 2 atom stereocenters. The van der Waals surface area contributed by atoms with E-state index in [1.165, 1.54) is 41.6 Å². The fourth-order valence-corrected chi connectivity index (χ4v) is 7.19. The number of hydrogen-bond donors (Lipinski definition) is 0. The first-order valence-corrected chi connectivity index (χ1v) is 15.6. The zero-order chi connectivity index (χ0) is 29.1. The summed E-state index contributed by atoms with van der Waals surface area (Å²) in [5, 5.41) is 4.31. The van der Waals surface area contributed by atoms with Crippen LogP contribution in [0.1, 0.15) is 25.7 Å². The fourth-order valence-electron chi connectivity index (χ4n) is 4.61.